The molecule has 1 amide bonds. The van der Waals surface area contributed by atoms with Crippen molar-refractivity contribution in [2.75, 3.05) is 32.7 Å². The molecule has 1 aliphatic rings. The van der Waals surface area contributed by atoms with Gasteiger partial charge in [0.15, 0.2) is 5.16 Å². The van der Waals surface area contributed by atoms with E-state index in [0.717, 1.165) is 37.9 Å². The second kappa shape index (κ2) is 9.00. The molecule has 1 fully saturated rings. The van der Waals surface area contributed by atoms with E-state index in [1.165, 1.54) is 17.3 Å². The average Bonchev–Trinajstić information content (AvgIpc) is 3.07. The van der Waals surface area contributed by atoms with Gasteiger partial charge in [0, 0.05) is 39.8 Å². The number of benzene rings is 1. The summed E-state index contributed by atoms with van der Waals surface area (Å²) in [7, 11) is 1.89. The van der Waals surface area contributed by atoms with Crippen LogP contribution in [0.3, 0.4) is 0 Å². The molecule has 3 rings (SSSR count). The average molecular weight is 372 g/mol. The summed E-state index contributed by atoms with van der Waals surface area (Å²) >= 11 is 1.46. The van der Waals surface area contributed by atoms with Crippen molar-refractivity contribution in [2.45, 2.75) is 17.3 Å². The Balaban J connectivity index is 1.43. The molecular weight excluding hydrogens is 346 g/mol. The Morgan fingerprint density at radius 1 is 1.23 bits per heavy atom. The van der Waals surface area contributed by atoms with Gasteiger partial charge in [0.2, 0.25) is 5.91 Å². The van der Waals surface area contributed by atoms with E-state index in [-0.39, 0.29) is 11.2 Å². The predicted molar refractivity (Wildman–Crippen MR) is 105 cm³/mol. The number of carbonyl (C=O) groups excluding carboxylic acids is 1. The fraction of sp³-hybridized carbons (Fsp3) is 0.421. The number of thioether (sulfide) groups is 1. The van der Waals surface area contributed by atoms with E-state index in [1.54, 1.807) is 6.33 Å². The summed E-state index contributed by atoms with van der Waals surface area (Å²) in [5.74, 6) is 0.178. The summed E-state index contributed by atoms with van der Waals surface area (Å²) in [6, 6.07) is 10.3. The summed E-state index contributed by atoms with van der Waals surface area (Å²) in [5.41, 5.74) is 1.22. The Morgan fingerprint density at radius 3 is 2.62 bits per heavy atom. The van der Waals surface area contributed by atoms with E-state index in [1.807, 2.05) is 41.6 Å². The first-order chi connectivity index (χ1) is 12.6. The molecule has 1 atom stereocenters. The first-order valence-corrected chi connectivity index (χ1v) is 9.75. The van der Waals surface area contributed by atoms with Crippen LogP contribution in [-0.4, -0.2) is 68.4 Å². The van der Waals surface area contributed by atoms with Crippen LogP contribution in [0.4, 0.5) is 0 Å². The van der Waals surface area contributed by atoms with Gasteiger partial charge in [0.1, 0.15) is 6.33 Å². The molecule has 1 saturated heterocycles. The molecule has 138 valence electrons. The maximum Gasteiger partial charge on any atom is 0.235 e. The smallest absolute Gasteiger partial charge is 0.235 e. The van der Waals surface area contributed by atoms with Gasteiger partial charge in [-0.1, -0.05) is 54.2 Å². The molecule has 0 spiro atoms. The summed E-state index contributed by atoms with van der Waals surface area (Å²) in [6.45, 7) is 6.23. The molecule has 6 nitrogen and oxygen atoms in total. The third-order valence-electron chi connectivity index (χ3n) is 4.46. The zero-order chi connectivity index (χ0) is 18.4. The lowest BCUT2D eigenvalue weighted by molar-refractivity contribution is -0.131. The molecule has 0 aliphatic carbocycles. The molecule has 0 saturated carbocycles. The van der Waals surface area contributed by atoms with Gasteiger partial charge in [0.05, 0.1) is 5.25 Å². The molecule has 1 aromatic heterocycles. The molecule has 1 aromatic carbocycles. The van der Waals surface area contributed by atoms with Gasteiger partial charge in [-0.05, 0) is 12.5 Å². The fourth-order valence-corrected chi connectivity index (χ4v) is 3.77. The van der Waals surface area contributed by atoms with Crippen molar-refractivity contribution < 1.29 is 4.79 Å². The summed E-state index contributed by atoms with van der Waals surface area (Å²) in [4.78, 5) is 17.0. The van der Waals surface area contributed by atoms with Gasteiger partial charge in [0.25, 0.3) is 0 Å². The number of carbonyl (C=O) groups is 1. The van der Waals surface area contributed by atoms with Crippen molar-refractivity contribution in [2.24, 2.45) is 7.05 Å². The summed E-state index contributed by atoms with van der Waals surface area (Å²) in [6.07, 6.45) is 6.00. The molecule has 2 heterocycles. The minimum absolute atomic E-state index is 0.151. The first kappa shape index (κ1) is 18.7. The second-order valence-corrected chi connectivity index (χ2v) is 7.73. The molecule has 2 aromatic rings. The number of rotatable bonds is 6. The van der Waals surface area contributed by atoms with Gasteiger partial charge in [-0.25, -0.2) is 0 Å². The third kappa shape index (κ3) is 4.95. The number of hydrogen-bond donors (Lipinski definition) is 0. The topological polar surface area (TPSA) is 54.3 Å². The minimum atomic E-state index is -0.151. The zero-order valence-electron chi connectivity index (χ0n) is 15.3. The molecule has 1 unspecified atom stereocenters. The SMILES string of the molecule is CC(Sc1nncn1C)C(=O)N1CCN(C/C=C/c2ccccc2)CC1. The maximum absolute atomic E-state index is 12.7. The highest BCUT2D eigenvalue weighted by molar-refractivity contribution is 8.00. The van der Waals surface area contributed by atoms with Crippen LogP contribution in [-0.2, 0) is 11.8 Å². The van der Waals surface area contributed by atoms with Crippen molar-refractivity contribution in [3.05, 3.63) is 48.3 Å². The normalized spacial score (nSPS) is 16.9. The van der Waals surface area contributed by atoms with Crippen LogP contribution in [0.15, 0.2) is 47.9 Å². The summed E-state index contributed by atoms with van der Waals surface area (Å²) in [5, 5.41) is 8.53. The Hall–Kier alpha value is -2.12. The summed E-state index contributed by atoms with van der Waals surface area (Å²) < 4.78 is 1.84. The van der Waals surface area contributed by atoms with Gasteiger partial charge in [-0.3, -0.25) is 9.69 Å². The van der Waals surface area contributed by atoms with E-state index in [2.05, 4.69) is 39.4 Å². The molecule has 0 bridgehead atoms. The van der Waals surface area contributed by atoms with Crippen LogP contribution in [0.2, 0.25) is 0 Å². The van der Waals surface area contributed by atoms with Crippen molar-refractivity contribution in [3.63, 3.8) is 0 Å². The highest BCUT2D eigenvalue weighted by atomic mass is 32.2. The first-order valence-electron chi connectivity index (χ1n) is 8.87. The Labute approximate surface area is 158 Å². The van der Waals surface area contributed by atoms with Crippen molar-refractivity contribution in [1.82, 2.24) is 24.6 Å². The highest BCUT2D eigenvalue weighted by Crippen LogP contribution is 2.22. The van der Waals surface area contributed by atoms with Gasteiger partial charge >= 0.3 is 0 Å². The van der Waals surface area contributed by atoms with E-state index >= 15 is 0 Å². The van der Waals surface area contributed by atoms with Crippen LogP contribution >= 0.6 is 11.8 Å². The second-order valence-electron chi connectivity index (χ2n) is 6.42. The van der Waals surface area contributed by atoms with Crippen LogP contribution in [0, 0.1) is 0 Å². The van der Waals surface area contributed by atoms with E-state index in [4.69, 9.17) is 0 Å². The van der Waals surface area contributed by atoms with Crippen molar-refractivity contribution in [3.8, 4) is 0 Å². The minimum Gasteiger partial charge on any atom is -0.339 e. The largest absolute Gasteiger partial charge is 0.339 e. The number of amides is 1. The molecule has 1 aliphatic heterocycles. The number of aryl methyl sites for hydroxylation is 1. The van der Waals surface area contributed by atoms with Crippen LogP contribution in [0.1, 0.15) is 12.5 Å². The fourth-order valence-electron chi connectivity index (χ4n) is 2.90. The maximum atomic E-state index is 12.7. The molecule has 26 heavy (non-hydrogen) atoms. The lowest BCUT2D eigenvalue weighted by atomic mass is 10.2. The van der Waals surface area contributed by atoms with E-state index in [9.17, 15) is 4.79 Å². The lowest BCUT2D eigenvalue weighted by Crippen LogP contribution is -2.50. The Kier molecular flexibility index (Phi) is 6.46. The van der Waals surface area contributed by atoms with Gasteiger partial charge < -0.3 is 9.47 Å². The predicted octanol–water partition coefficient (Wildman–Crippen LogP) is 2.15. The van der Waals surface area contributed by atoms with Crippen LogP contribution in [0.5, 0.6) is 0 Å². The van der Waals surface area contributed by atoms with E-state index in [0.29, 0.717) is 0 Å². The molecule has 7 heteroatoms. The Morgan fingerprint density at radius 2 is 1.96 bits per heavy atom. The third-order valence-corrected chi connectivity index (χ3v) is 5.59. The number of aromatic nitrogens is 3. The van der Waals surface area contributed by atoms with Gasteiger partial charge in [-0.2, -0.15) is 0 Å². The van der Waals surface area contributed by atoms with Crippen LogP contribution < -0.4 is 0 Å². The van der Waals surface area contributed by atoms with Crippen molar-refractivity contribution in [1.29, 1.82) is 0 Å². The number of piperazine rings is 1. The zero-order valence-corrected chi connectivity index (χ0v) is 16.1. The Bertz CT molecular complexity index is 737. The number of hydrogen-bond acceptors (Lipinski definition) is 5. The molecule has 0 N–H and O–H groups in total. The highest BCUT2D eigenvalue weighted by Gasteiger charge is 2.26. The van der Waals surface area contributed by atoms with Crippen molar-refractivity contribution >= 4 is 23.7 Å². The molecular formula is C19H25N5OS. The number of nitrogens with zero attached hydrogens (tertiary/aromatic N) is 5. The quantitative estimate of drug-likeness (QED) is 0.729. The van der Waals surface area contributed by atoms with Gasteiger partial charge in [-0.15, -0.1) is 10.2 Å². The lowest BCUT2D eigenvalue weighted by Gasteiger charge is -2.35. The monoisotopic (exact) mass is 371 g/mol. The van der Waals surface area contributed by atoms with E-state index < -0.39 is 0 Å². The molecule has 0 radical (unpaired) electrons. The standard InChI is InChI=1S/C19H25N5OS/c1-16(26-19-21-20-15-22(19)2)18(25)24-13-11-23(12-14-24)10-6-9-17-7-4-3-5-8-17/h3-9,15-16H,10-14H2,1-2H3/b9-6+. The van der Waals surface area contributed by atoms with Crippen LogP contribution in [0.25, 0.3) is 6.08 Å².